The Bertz CT molecular complexity index is 1100. The molecule has 1 heterocycles. The number of benzene rings is 2. The quantitative estimate of drug-likeness (QED) is 0.424. The number of alkyl halides is 3. The molecule has 3 aromatic rings. The number of amides is 3. The summed E-state index contributed by atoms with van der Waals surface area (Å²) in [6.45, 7) is 0.746. The highest BCUT2D eigenvalue weighted by atomic mass is 32.1. The molecule has 0 spiro atoms. The van der Waals surface area contributed by atoms with Crippen molar-refractivity contribution in [1.29, 1.82) is 0 Å². The van der Waals surface area contributed by atoms with Gasteiger partial charge < -0.3 is 15.1 Å². The van der Waals surface area contributed by atoms with Gasteiger partial charge >= 0.3 is 12.2 Å². The molecule has 1 aromatic heterocycles. The standard InChI is InChI=1S/C25H24F3N3O2S/c26-25(27,28)19-8-10-20(11-9-19)29-24(33)31(21-12-13-21)17-23(32)30(16-22-7-4-14-34-22)15-18-5-2-1-3-6-18/h1-11,14,21H,12-13,15-17H2,(H,29,33). The van der Waals surface area contributed by atoms with Gasteiger partial charge in [-0.1, -0.05) is 36.4 Å². The van der Waals surface area contributed by atoms with E-state index < -0.39 is 17.8 Å². The first kappa shape index (κ1) is 23.8. The number of carbonyl (C=O) groups is 2. The van der Waals surface area contributed by atoms with Crippen LogP contribution in [-0.2, 0) is 24.1 Å². The van der Waals surface area contributed by atoms with Crippen molar-refractivity contribution in [3.63, 3.8) is 0 Å². The highest BCUT2D eigenvalue weighted by Gasteiger charge is 2.35. The summed E-state index contributed by atoms with van der Waals surface area (Å²) in [7, 11) is 0. The van der Waals surface area contributed by atoms with E-state index in [1.165, 1.54) is 17.0 Å². The molecule has 1 aliphatic carbocycles. The fraction of sp³-hybridized carbons (Fsp3) is 0.280. The summed E-state index contributed by atoms with van der Waals surface area (Å²) in [6, 6.07) is 17.3. The van der Waals surface area contributed by atoms with Crippen LogP contribution in [0.15, 0.2) is 72.1 Å². The minimum Gasteiger partial charge on any atom is -0.332 e. The molecular formula is C25H24F3N3O2S. The zero-order valence-electron chi connectivity index (χ0n) is 18.3. The van der Waals surface area contributed by atoms with Gasteiger partial charge in [0.25, 0.3) is 0 Å². The van der Waals surface area contributed by atoms with Gasteiger partial charge in [-0.3, -0.25) is 4.79 Å². The van der Waals surface area contributed by atoms with Crippen molar-refractivity contribution in [1.82, 2.24) is 9.80 Å². The van der Waals surface area contributed by atoms with E-state index in [2.05, 4.69) is 5.32 Å². The number of rotatable bonds is 8. The van der Waals surface area contributed by atoms with Crippen molar-refractivity contribution >= 4 is 29.0 Å². The minimum absolute atomic E-state index is 0.0567. The van der Waals surface area contributed by atoms with Crippen LogP contribution in [0.2, 0.25) is 0 Å². The summed E-state index contributed by atoms with van der Waals surface area (Å²) in [5.74, 6) is -0.188. The second-order valence-corrected chi connectivity index (χ2v) is 9.21. The Labute approximate surface area is 199 Å². The Morgan fingerprint density at radius 2 is 1.65 bits per heavy atom. The number of nitrogens with one attached hydrogen (secondary N) is 1. The minimum atomic E-state index is -4.44. The predicted octanol–water partition coefficient (Wildman–Crippen LogP) is 5.99. The first-order chi connectivity index (χ1) is 16.3. The Morgan fingerprint density at radius 3 is 2.24 bits per heavy atom. The van der Waals surface area contributed by atoms with Gasteiger partial charge in [0.1, 0.15) is 6.54 Å². The average molecular weight is 488 g/mol. The van der Waals surface area contributed by atoms with Gasteiger partial charge in [-0.15, -0.1) is 11.3 Å². The molecule has 9 heteroatoms. The van der Waals surface area contributed by atoms with Crippen LogP contribution >= 0.6 is 11.3 Å². The Hall–Kier alpha value is -3.33. The molecule has 0 saturated heterocycles. The number of hydrogen-bond donors (Lipinski definition) is 1. The molecule has 0 bridgehead atoms. The highest BCUT2D eigenvalue weighted by Crippen LogP contribution is 2.31. The van der Waals surface area contributed by atoms with Crippen LogP contribution in [0.5, 0.6) is 0 Å². The van der Waals surface area contributed by atoms with Gasteiger partial charge in [0.05, 0.1) is 12.1 Å². The number of halogens is 3. The Kier molecular flexibility index (Phi) is 7.21. The Balaban J connectivity index is 1.45. The molecule has 0 unspecified atom stereocenters. The van der Waals surface area contributed by atoms with Gasteiger partial charge in [0, 0.05) is 23.2 Å². The molecule has 1 saturated carbocycles. The molecule has 178 valence electrons. The summed E-state index contributed by atoms with van der Waals surface area (Å²) < 4.78 is 38.4. The lowest BCUT2D eigenvalue weighted by Gasteiger charge is -2.28. The topological polar surface area (TPSA) is 52.7 Å². The van der Waals surface area contributed by atoms with Crippen molar-refractivity contribution in [3.05, 3.63) is 88.1 Å². The molecule has 4 rings (SSSR count). The van der Waals surface area contributed by atoms with Gasteiger partial charge in [-0.05, 0) is 54.1 Å². The van der Waals surface area contributed by atoms with Crippen molar-refractivity contribution in [3.8, 4) is 0 Å². The van der Waals surface area contributed by atoms with Crippen molar-refractivity contribution in [2.75, 3.05) is 11.9 Å². The molecule has 1 aliphatic rings. The first-order valence-electron chi connectivity index (χ1n) is 10.9. The lowest BCUT2D eigenvalue weighted by atomic mass is 10.2. The normalized spacial score (nSPS) is 13.4. The number of urea groups is 1. The molecule has 34 heavy (non-hydrogen) atoms. The average Bonchev–Trinajstić information content (AvgIpc) is 3.52. The van der Waals surface area contributed by atoms with E-state index >= 15 is 0 Å². The third-order valence-electron chi connectivity index (χ3n) is 5.51. The second kappa shape index (κ2) is 10.3. The van der Waals surface area contributed by atoms with E-state index in [1.807, 2.05) is 47.8 Å². The van der Waals surface area contributed by atoms with E-state index in [-0.39, 0.29) is 24.2 Å². The van der Waals surface area contributed by atoms with Crippen LogP contribution in [0.4, 0.5) is 23.7 Å². The molecule has 0 aliphatic heterocycles. The van der Waals surface area contributed by atoms with Crippen LogP contribution in [-0.4, -0.2) is 34.3 Å². The highest BCUT2D eigenvalue weighted by molar-refractivity contribution is 7.09. The summed E-state index contributed by atoms with van der Waals surface area (Å²) >= 11 is 1.56. The van der Waals surface area contributed by atoms with Crippen LogP contribution in [0.25, 0.3) is 0 Å². The fourth-order valence-corrected chi connectivity index (χ4v) is 4.28. The monoisotopic (exact) mass is 487 g/mol. The predicted molar refractivity (Wildman–Crippen MR) is 125 cm³/mol. The van der Waals surface area contributed by atoms with E-state index in [9.17, 15) is 22.8 Å². The van der Waals surface area contributed by atoms with Crippen LogP contribution in [0, 0.1) is 0 Å². The number of nitrogens with zero attached hydrogens (tertiary/aromatic N) is 2. The van der Waals surface area contributed by atoms with Crippen molar-refractivity contribution < 1.29 is 22.8 Å². The molecule has 0 atom stereocenters. The van der Waals surface area contributed by atoms with E-state index in [4.69, 9.17) is 0 Å². The number of anilines is 1. The number of carbonyl (C=O) groups excluding carboxylic acids is 2. The van der Waals surface area contributed by atoms with Gasteiger partial charge in [0.2, 0.25) is 5.91 Å². The summed E-state index contributed by atoms with van der Waals surface area (Å²) in [5.41, 5.74) is 0.445. The first-order valence-corrected chi connectivity index (χ1v) is 11.8. The SMILES string of the molecule is O=C(CN(C(=O)Nc1ccc(C(F)(F)F)cc1)C1CC1)N(Cc1ccccc1)Cc1cccs1. The lowest BCUT2D eigenvalue weighted by molar-refractivity contribution is -0.137. The van der Waals surface area contributed by atoms with Gasteiger partial charge in [0.15, 0.2) is 0 Å². The van der Waals surface area contributed by atoms with E-state index in [0.717, 1.165) is 35.4 Å². The van der Waals surface area contributed by atoms with Gasteiger partial charge in [-0.25, -0.2) is 4.79 Å². The molecule has 5 nitrogen and oxygen atoms in total. The maximum Gasteiger partial charge on any atom is 0.416 e. The lowest BCUT2D eigenvalue weighted by Crippen LogP contribution is -2.45. The van der Waals surface area contributed by atoms with Crippen molar-refractivity contribution in [2.24, 2.45) is 0 Å². The largest absolute Gasteiger partial charge is 0.416 e. The zero-order valence-corrected chi connectivity index (χ0v) is 19.1. The summed E-state index contributed by atoms with van der Waals surface area (Å²) in [6.07, 6.45) is -2.87. The molecular weight excluding hydrogens is 463 g/mol. The maximum atomic E-state index is 13.3. The smallest absolute Gasteiger partial charge is 0.332 e. The third-order valence-corrected chi connectivity index (χ3v) is 6.37. The van der Waals surface area contributed by atoms with Crippen molar-refractivity contribution in [2.45, 2.75) is 38.1 Å². The number of hydrogen-bond acceptors (Lipinski definition) is 3. The maximum absolute atomic E-state index is 13.3. The zero-order chi connectivity index (χ0) is 24.1. The Morgan fingerprint density at radius 1 is 0.941 bits per heavy atom. The second-order valence-electron chi connectivity index (χ2n) is 8.18. The van der Waals surface area contributed by atoms with E-state index in [1.54, 1.807) is 16.2 Å². The van der Waals surface area contributed by atoms with Gasteiger partial charge in [-0.2, -0.15) is 13.2 Å². The number of thiophene rings is 1. The fourth-order valence-electron chi connectivity index (χ4n) is 3.56. The molecule has 1 N–H and O–H groups in total. The third kappa shape index (κ3) is 6.38. The van der Waals surface area contributed by atoms with Crippen LogP contribution in [0.3, 0.4) is 0 Å². The summed E-state index contributed by atoms with van der Waals surface area (Å²) in [4.78, 5) is 30.5. The van der Waals surface area contributed by atoms with Crippen LogP contribution < -0.4 is 5.32 Å². The molecule has 2 aromatic carbocycles. The molecule has 3 amide bonds. The molecule has 1 fully saturated rings. The van der Waals surface area contributed by atoms with Crippen LogP contribution in [0.1, 0.15) is 28.8 Å². The molecule has 0 radical (unpaired) electrons. The van der Waals surface area contributed by atoms with E-state index in [0.29, 0.717) is 13.1 Å². The summed E-state index contributed by atoms with van der Waals surface area (Å²) in [5, 5.41) is 4.59.